The van der Waals surface area contributed by atoms with Gasteiger partial charge in [0, 0.05) is 12.6 Å². The number of nitrogens with one attached hydrogen (secondary N) is 1. The van der Waals surface area contributed by atoms with Gasteiger partial charge in [-0.25, -0.2) is 4.39 Å². The van der Waals surface area contributed by atoms with E-state index in [2.05, 4.69) is 5.32 Å². The first kappa shape index (κ1) is 14.7. The fourth-order valence-electron chi connectivity index (χ4n) is 1.98. The molecule has 4 nitrogen and oxygen atoms in total. The number of carbonyl (C=O) groups is 1. The van der Waals surface area contributed by atoms with Crippen molar-refractivity contribution in [2.24, 2.45) is 5.41 Å². The zero-order valence-electron chi connectivity index (χ0n) is 11.4. The number of benzene rings is 1. The summed E-state index contributed by atoms with van der Waals surface area (Å²) < 4.78 is 18.2. The lowest BCUT2D eigenvalue weighted by molar-refractivity contribution is -0.139. The zero-order valence-corrected chi connectivity index (χ0v) is 11.4. The van der Waals surface area contributed by atoms with E-state index in [9.17, 15) is 14.3 Å². The molecule has 0 atom stereocenters. The first-order valence-corrected chi connectivity index (χ1v) is 6.45. The van der Waals surface area contributed by atoms with Crippen LogP contribution in [-0.2, 0) is 9.53 Å². The van der Waals surface area contributed by atoms with Crippen LogP contribution in [0.25, 0.3) is 5.57 Å². The van der Waals surface area contributed by atoms with Gasteiger partial charge in [-0.05, 0) is 30.2 Å². The molecule has 0 bridgehead atoms. The Bertz CT molecular complexity index is 518. The molecule has 1 aliphatic heterocycles. The summed E-state index contributed by atoms with van der Waals surface area (Å²) in [5.41, 5.74) is 1.00. The maximum atomic E-state index is 13.1. The van der Waals surface area contributed by atoms with Crippen molar-refractivity contribution in [2.45, 2.75) is 6.92 Å². The van der Waals surface area contributed by atoms with Gasteiger partial charge in [0.05, 0.1) is 25.2 Å². The van der Waals surface area contributed by atoms with Crippen LogP contribution in [-0.4, -0.2) is 37.4 Å². The van der Waals surface area contributed by atoms with Crippen LogP contribution < -0.4 is 5.32 Å². The van der Waals surface area contributed by atoms with E-state index in [1.54, 1.807) is 19.1 Å². The van der Waals surface area contributed by atoms with Crippen molar-refractivity contribution in [1.82, 2.24) is 5.32 Å². The van der Waals surface area contributed by atoms with Crippen molar-refractivity contribution < 1.29 is 19.0 Å². The number of amides is 1. The minimum absolute atomic E-state index is 0.0140. The van der Waals surface area contributed by atoms with Gasteiger partial charge in [-0.15, -0.1) is 0 Å². The second-order valence-electron chi connectivity index (χ2n) is 5.21. The van der Waals surface area contributed by atoms with Crippen LogP contribution in [0.5, 0.6) is 0 Å². The first-order valence-electron chi connectivity index (χ1n) is 6.45. The van der Waals surface area contributed by atoms with E-state index in [1.165, 1.54) is 18.2 Å². The second kappa shape index (κ2) is 6.15. The van der Waals surface area contributed by atoms with E-state index >= 15 is 0 Å². The molecule has 1 aromatic rings. The lowest BCUT2D eigenvalue weighted by Crippen LogP contribution is -2.53. The molecule has 108 valence electrons. The van der Waals surface area contributed by atoms with E-state index in [0.717, 1.165) is 0 Å². The van der Waals surface area contributed by atoms with Crippen LogP contribution in [0.3, 0.4) is 0 Å². The van der Waals surface area contributed by atoms with Gasteiger partial charge in [-0.3, -0.25) is 4.79 Å². The number of hydrogen-bond donors (Lipinski definition) is 2. The van der Waals surface area contributed by atoms with Crippen molar-refractivity contribution in [3.63, 3.8) is 0 Å². The van der Waals surface area contributed by atoms with Gasteiger partial charge in [0.2, 0.25) is 5.91 Å². The van der Waals surface area contributed by atoms with Crippen LogP contribution in [0, 0.1) is 11.2 Å². The highest BCUT2D eigenvalue weighted by Gasteiger charge is 2.38. The van der Waals surface area contributed by atoms with E-state index in [4.69, 9.17) is 4.74 Å². The second-order valence-corrected chi connectivity index (χ2v) is 5.21. The molecular formula is C15H18FNO3. The maximum Gasteiger partial charge on any atom is 0.244 e. The summed E-state index contributed by atoms with van der Waals surface area (Å²) in [5, 5.41) is 12.0. The number of rotatable bonds is 5. The van der Waals surface area contributed by atoms with Gasteiger partial charge in [0.1, 0.15) is 5.82 Å². The molecule has 0 spiro atoms. The Morgan fingerprint density at radius 2 is 2.30 bits per heavy atom. The van der Waals surface area contributed by atoms with Crippen molar-refractivity contribution in [3.8, 4) is 0 Å². The van der Waals surface area contributed by atoms with Gasteiger partial charge < -0.3 is 15.2 Å². The lowest BCUT2D eigenvalue weighted by atomic mass is 9.87. The summed E-state index contributed by atoms with van der Waals surface area (Å²) in [7, 11) is 0. The van der Waals surface area contributed by atoms with Crippen molar-refractivity contribution in [2.75, 3.05) is 26.4 Å². The van der Waals surface area contributed by atoms with Gasteiger partial charge in [-0.1, -0.05) is 12.1 Å². The molecule has 0 saturated carbocycles. The summed E-state index contributed by atoms with van der Waals surface area (Å²) in [6.45, 7) is 3.02. The van der Waals surface area contributed by atoms with Gasteiger partial charge >= 0.3 is 0 Å². The normalized spacial score (nSPS) is 17.4. The highest BCUT2D eigenvalue weighted by molar-refractivity contribution is 5.94. The fourth-order valence-corrected chi connectivity index (χ4v) is 1.98. The smallest absolute Gasteiger partial charge is 0.244 e. The van der Waals surface area contributed by atoms with Crippen molar-refractivity contribution >= 4 is 11.5 Å². The molecule has 2 N–H and O–H groups in total. The Balaban J connectivity index is 1.94. The van der Waals surface area contributed by atoms with Crippen LogP contribution in [0.15, 0.2) is 30.3 Å². The minimum Gasteiger partial charge on any atom is -0.396 e. The number of aliphatic hydroxyl groups excluding tert-OH is 1. The third-order valence-electron chi connectivity index (χ3n) is 3.42. The van der Waals surface area contributed by atoms with Gasteiger partial charge in [0.25, 0.3) is 0 Å². The molecule has 1 heterocycles. The average Bonchev–Trinajstić information content (AvgIpc) is 2.38. The third-order valence-corrected chi connectivity index (χ3v) is 3.42. The Morgan fingerprint density at radius 1 is 1.55 bits per heavy atom. The summed E-state index contributed by atoms with van der Waals surface area (Å²) in [6.07, 6.45) is 1.43. The molecule has 1 amide bonds. The SMILES string of the molecule is CC(=CC(=O)NCC1(CO)COC1)c1cccc(F)c1. The van der Waals surface area contributed by atoms with E-state index in [1.807, 2.05) is 0 Å². The van der Waals surface area contributed by atoms with Crippen LogP contribution in [0.1, 0.15) is 12.5 Å². The highest BCUT2D eigenvalue weighted by Crippen LogP contribution is 2.25. The largest absolute Gasteiger partial charge is 0.396 e. The van der Waals surface area contributed by atoms with E-state index in [-0.39, 0.29) is 23.7 Å². The first-order chi connectivity index (χ1) is 9.54. The zero-order chi connectivity index (χ0) is 14.6. The predicted octanol–water partition coefficient (Wildman–Crippen LogP) is 1.35. The minimum atomic E-state index is -0.351. The molecule has 0 unspecified atom stereocenters. The fraction of sp³-hybridized carbons (Fsp3) is 0.400. The monoisotopic (exact) mass is 279 g/mol. The molecule has 0 radical (unpaired) electrons. The van der Waals surface area contributed by atoms with E-state index < -0.39 is 0 Å². The average molecular weight is 279 g/mol. The van der Waals surface area contributed by atoms with Crippen LogP contribution >= 0.6 is 0 Å². The Hall–Kier alpha value is -1.72. The Labute approximate surface area is 117 Å². The summed E-state index contributed by atoms with van der Waals surface area (Å²) in [6, 6.07) is 6.09. The summed E-state index contributed by atoms with van der Waals surface area (Å²) in [5.74, 6) is -0.590. The number of carbonyl (C=O) groups excluding carboxylic acids is 1. The predicted molar refractivity (Wildman–Crippen MR) is 73.4 cm³/mol. The molecule has 20 heavy (non-hydrogen) atoms. The molecule has 0 aromatic heterocycles. The Morgan fingerprint density at radius 3 is 2.85 bits per heavy atom. The quantitative estimate of drug-likeness (QED) is 0.800. The lowest BCUT2D eigenvalue weighted by Gasteiger charge is -2.39. The summed E-state index contributed by atoms with van der Waals surface area (Å²) >= 11 is 0. The standard InChI is InChI=1S/C15H18FNO3/c1-11(12-3-2-4-13(16)6-12)5-14(19)17-7-15(8-18)9-20-10-15/h2-6,18H,7-10H2,1H3,(H,17,19). The number of ether oxygens (including phenoxy) is 1. The van der Waals surface area contributed by atoms with Crippen molar-refractivity contribution in [1.29, 1.82) is 0 Å². The molecule has 1 aromatic carbocycles. The maximum absolute atomic E-state index is 13.1. The van der Waals surface area contributed by atoms with Crippen molar-refractivity contribution in [3.05, 3.63) is 41.7 Å². The molecular weight excluding hydrogens is 261 g/mol. The third kappa shape index (κ3) is 3.43. The number of hydrogen-bond acceptors (Lipinski definition) is 3. The molecule has 1 fully saturated rings. The summed E-state index contributed by atoms with van der Waals surface area (Å²) in [4.78, 5) is 11.8. The molecule has 0 aliphatic carbocycles. The highest BCUT2D eigenvalue weighted by atomic mass is 19.1. The van der Waals surface area contributed by atoms with Crippen LogP contribution in [0.4, 0.5) is 4.39 Å². The topological polar surface area (TPSA) is 58.6 Å². The number of halogens is 1. The van der Waals surface area contributed by atoms with Crippen LogP contribution in [0.2, 0.25) is 0 Å². The molecule has 5 heteroatoms. The molecule has 1 aliphatic rings. The number of allylic oxidation sites excluding steroid dienone is 1. The van der Waals surface area contributed by atoms with Gasteiger partial charge in [0.15, 0.2) is 0 Å². The molecule has 1 saturated heterocycles. The Kier molecular flexibility index (Phi) is 4.52. The molecule has 2 rings (SSSR count). The van der Waals surface area contributed by atoms with Gasteiger partial charge in [-0.2, -0.15) is 0 Å². The number of aliphatic hydroxyl groups is 1. The van der Waals surface area contributed by atoms with E-state index in [0.29, 0.717) is 30.9 Å².